The molecule has 106 valence electrons. The first-order valence-corrected chi connectivity index (χ1v) is 6.36. The van der Waals surface area contributed by atoms with Gasteiger partial charge in [0.15, 0.2) is 0 Å². The van der Waals surface area contributed by atoms with Crippen LogP contribution in [0, 0.1) is 12.7 Å². The van der Waals surface area contributed by atoms with E-state index in [9.17, 15) is 14.0 Å². The highest BCUT2D eigenvalue weighted by molar-refractivity contribution is 6.34. The summed E-state index contributed by atoms with van der Waals surface area (Å²) in [4.78, 5) is 25.5. The van der Waals surface area contributed by atoms with Crippen LogP contribution in [0.25, 0.3) is 0 Å². The van der Waals surface area contributed by atoms with Crippen molar-refractivity contribution in [2.75, 3.05) is 12.0 Å². The number of anilines is 1. The SMILES string of the molecule is COc1cc(N2C(=O)c3ccccc3C2=O)c(F)cc1C. The number of imide groups is 1. The number of aryl methyl sites for hydroxylation is 1. The van der Waals surface area contributed by atoms with Crippen molar-refractivity contribution in [1.82, 2.24) is 0 Å². The Morgan fingerprint density at radius 1 is 1.05 bits per heavy atom. The van der Waals surface area contributed by atoms with E-state index in [-0.39, 0.29) is 16.8 Å². The van der Waals surface area contributed by atoms with E-state index in [0.29, 0.717) is 11.3 Å². The second-order valence-corrected chi connectivity index (χ2v) is 4.76. The number of hydrogen-bond acceptors (Lipinski definition) is 3. The second kappa shape index (κ2) is 4.70. The number of fused-ring (bicyclic) bond motifs is 1. The van der Waals surface area contributed by atoms with Gasteiger partial charge in [-0.1, -0.05) is 12.1 Å². The summed E-state index contributed by atoms with van der Waals surface area (Å²) in [5.41, 5.74) is 1.06. The molecular formula is C16H12FNO3. The number of carbonyl (C=O) groups is 2. The minimum absolute atomic E-state index is 0.0938. The zero-order valence-corrected chi connectivity index (χ0v) is 11.5. The lowest BCUT2D eigenvalue weighted by Crippen LogP contribution is -2.30. The Hall–Kier alpha value is -2.69. The zero-order valence-electron chi connectivity index (χ0n) is 11.5. The lowest BCUT2D eigenvalue weighted by atomic mass is 10.1. The van der Waals surface area contributed by atoms with Gasteiger partial charge in [0.25, 0.3) is 11.8 Å². The highest BCUT2D eigenvalue weighted by atomic mass is 19.1. The maximum absolute atomic E-state index is 14.2. The number of amides is 2. The molecule has 0 aromatic heterocycles. The molecule has 2 aromatic carbocycles. The van der Waals surface area contributed by atoms with Gasteiger partial charge in [-0.25, -0.2) is 9.29 Å². The molecule has 1 aliphatic heterocycles. The quantitative estimate of drug-likeness (QED) is 0.797. The Morgan fingerprint density at radius 3 is 2.14 bits per heavy atom. The van der Waals surface area contributed by atoms with Crippen LogP contribution in [0.3, 0.4) is 0 Å². The molecule has 2 amide bonds. The van der Waals surface area contributed by atoms with E-state index in [1.165, 1.54) is 19.2 Å². The molecule has 0 radical (unpaired) electrons. The molecular weight excluding hydrogens is 273 g/mol. The van der Waals surface area contributed by atoms with Crippen molar-refractivity contribution in [3.8, 4) is 5.75 Å². The maximum Gasteiger partial charge on any atom is 0.266 e. The number of nitrogens with zero attached hydrogens (tertiary/aromatic N) is 1. The molecule has 5 heteroatoms. The minimum atomic E-state index is -0.636. The largest absolute Gasteiger partial charge is 0.496 e. The molecule has 4 nitrogen and oxygen atoms in total. The summed E-state index contributed by atoms with van der Waals surface area (Å²) < 4.78 is 19.3. The molecule has 0 saturated heterocycles. The summed E-state index contributed by atoms with van der Waals surface area (Å²) in [6.45, 7) is 1.69. The molecule has 3 rings (SSSR count). The Balaban J connectivity index is 2.15. The number of hydrogen-bond donors (Lipinski definition) is 0. The summed E-state index contributed by atoms with van der Waals surface area (Å²) in [6, 6.07) is 9.06. The van der Waals surface area contributed by atoms with E-state index < -0.39 is 17.6 Å². The smallest absolute Gasteiger partial charge is 0.266 e. The third kappa shape index (κ3) is 1.89. The molecule has 0 saturated carbocycles. The maximum atomic E-state index is 14.2. The standard InChI is InChI=1S/C16H12FNO3/c1-9-7-12(17)13(8-14(9)21-2)18-15(19)10-5-3-4-6-11(10)16(18)20/h3-8H,1-2H3. The van der Waals surface area contributed by atoms with E-state index in [0.717, 1.165) is 4.90 Å². The van der Waals surface area contributed by atoms with Crippen LogP contribution in [0.1, 0.15) is 26.3 Å². The van der Waals surface area contributed by atoms with Crippen LogP contribution in [0.5, 0.6) is 5.75 Å². The number of benzene rings is 2. The number of ether oxygens (including phenoxy) is 1. The molecule has 0 unspecified atom stereocenters. The molecule has 0 spiro atoms. The predicted molar refractivity (Wildman–Crippen MR) is 75.3 cm³/mol. The lowest BCUT2D eigenvalue weighted by molar-refractivity contribution is 0.0925. The average Bonchev–Trinajstić information content (AvgIpc) is 2.72. The summed E-state index contributed by atoms with van der Waals surface area (Å²) in [5.74, 6) is -1.27. The number of rotatable bonds is 2. The van der Waals surface area contributed by atoms with Crippen molar-refractivity contribution in [3.63, 3.8) is 0 Å². The van der Waals surface area contributed by atoms with Crippen LogP contribution in [0.15, 0.2) is 36.4 Å². The van der Waals surface area contributed by atoms with Crippen molar-refractivity contribution in [1.29, 1.82) is 0 Å². The predicted octanol–water partition coefficient (Wildman–Crippen LogP) is 2.94. The van der Waals surface area contributed by atoms with E-state index >= 15 is 0 Å². The number of halogens is 1. The van der Waals surface area contributed by atoms with Gasteiger partial charge in [-0.2, -0.15) is 0 Å². The first-order valence-electron chi connectivity index (χ1n) is 6.36. The first-order chi connectivity index (χ1) is 10.0. The average molecular weight is 285 g/mol. The molecule has 0 atom stereocenters. The zero-order chi connectivity index (χ0) is 15.1. The second-order valence-electron chi connectivity index (χ2n) is 4.76. The minimum Gasteiger partial charge on any atom is -0.496 e. The molecule has 0 N–H and O–H groups in total. The van der Waals surface area contributed by atoms with Gasteiger partial charge >= 0.3 is 0 Å². The van der Waals surface area contributed by atoms with Crippen LogP contribution in [-0.4, -0.2) is 18.9 Å². The van der Waals surface area contributed by atoms with Crippen molar-refractivity contribution in [3.05, 3.63) is 58.9 Å². The number of carbonyl (C=O) groups excluding carboxylic acids is 2. The first kappa shape index (κ1) is 13.3. The highest BCUT2D eigenvalue weighted by Crippen LogP contribution is 2.34. The fourth-order valence-electron chi connectivity index (χ4n) is 2.44. The Bertz CT molecular complexity index is 735. The topological polar surface area (TPSA) is 46.6 Å². The molecule has 0 aliphatic carbocycles. The third-order valence-corrected chi connectivity index (χ3v) is 3.50. The van der Waals surface area contributed by atoms with Gasteiger partial charge in [0.05, 0.1) is 23.9 Å². The normalized spacial score (nSPS) is 13.6. The Morgan fingerprint density at radius 2 is 1.62 bits per heavy atom. The van der Waals surface area contributed by atoms with Crippen LogP contribution in [0.2, 0.25) is 0 Å². The van der Waals surface area contributed by atoms with Crippen molar-refractivity contribution >= 4 is 17.5 Å². The van der Waals surface area contributed by atoms with E-state index in [4.69, 9.17) is 4.74 Å². The molecule has 0 fully saturated rings. The Kier molecular flexibility index (Phi) is 2.97. The summed E-state index contributed by atoms with van der Waals surface area (Å²) >= 11 is 0. The molecule has 21 heavy (non-hydrogen) atoms. The summed E-state index contributed by atoms with van der Waals surface area (Å²) in [7, 11) is 1.45. The highest BCUT2D eigenvalue weighted by Gasteiger charge is 2.37. The monoisotopic (exact) mass is 285 g/mol. The van der Waals surface area contributed by atoms with Gasteiger partial charge in [-0.3, -0.25) is 9.59 Å². The van der Waals surface area contributed by atoms with Crippen LogP contribution in [0.4, 0.5) is 10.1 Å². The van der Waals surface area contributed by atoms with Gasteiger partial charge in [0.1, 0.15) is 11.6 Å². The summed E-state index contributed by atoms with van der Waals surface area (Å²) in [6.07, 6.45) is 0. The van der Waals surface area contributed by atoms with Crippen LogP contribution < -0.4 is 9.64 Å². The van der Waals surface area contributed by atoms with Crippen molar-refractivity contribution in [2.24, 2.45) is 0 Å². The molecule has 1 aliphatic rings. The van der Waals surface area contributed by atoms with Gasteiger partial charge < -0.3 is 4.74 Å². The van der Waals surface area contributed by atoms with E-state index in [1.807, 2.05) is 0 Å². The fraction of sp³-hybridized carbons (Fsp3) is 0.125. The fourth-order valence-corrected chi connectivity index (χ4v) is 2.44. The van der Waals surface area contributed by atoms with Crippen LogP contribution in [-0.2, 0) is 0 Å². The van der Waals surface area contributed by atoms with Crippen LogP contribution >= 0.6 is 0 Å². The van der Waals surface area contributed by atoms with Gasteiger partial charge in [-0.05, 0) is 30.7 Å². The van der Waals surface area contributed by atoms with Gasteiger partial charge in [0, 0.05) is 6.07 Å². The van der Waals surface area contributed by atoms with Gasteiger partial charge in [0.2, 0.25) is 0 Å². The third-order valence-electron chi connectivity index (χ3n) is 3.50. The van der Waals surface area contributed by atoms with Crippen molar-refractivity contribution < 1.29 is 18.7 Å². The number of methoxy groups -OCH3 is 1. The lowest BCUT2D eigenvalue weighted by Gasteiger charge is -2.17. The van der Waals surface area contributed by atoms with E-state index in [2.05, 4.69) is 0 Å². The van der Waals surface area contributed by atoms with Crippen molar-refractivity contribution in [2.45, 2.75) is 6.92 Å². The van der Waals surface area contributed by atoms with E-state index in [1.54, 1.807) is 31.2 Å². The molecule has 2 aromatic rings. The Labute approximate surface area is 120 Å². The van der Waals surface area contributed by atoms with Gasteiger partial charge in [-0.15, -0.1) is 0 Å². The molecule has 0 bridgehead atoms. The molecule has 1 heterocycles. The summed E-state index contributed by atoms with van der Waals surface area (Å²) in [5, 5.41) is 0.